The van der Waals surface area contributed by atoms with Crippen LogP contribution in [0.4, 0.5) is 0 Å². The van der Waals surface area contributed by atoms with Crippen molar-refractivity contribution in [3.05, 3.63) is 11.8 Å². The third-order valence-electron chi connectivity index (χ3n) is 0.960. The fourth-order valence-corrected chi connectivity index (χ4v) is 0.822. The fraction of sp³-hybridized carbons (Fsp3) is 0.667. The second kappa shape index (κ2) is 10.0. The molecule has 0 spiro atoms. The molecular formula is C6H16OSi. The molecule has 2 heteroatoms. The summed E-state index contributed by atoms with van der Waals surface area (Å²) in [6.45, 7) is 2.22. The van der Waals surface area contributed by atoms with E-state index in [4.69, 9.17) is 0 Å². The minimum absolute atomic E-state index is 0. The average Bonchev–Trinajstić information content (AvgIpc) is 1.69. The molecule has 0 aliphatic heterocycles. The Morgan fingerprint density at radius 1 is 1.50 bits per heavy atom. The van der Waals surface area contributed by atoms with Gasteiger partial charge in [-0.05, 0) is 6.42 Å². The van der Waals surface area contributed by atoms with Gasteiger partial charge in [0.1, 0.15) is 0 Å². The number of unbranched alkanes of at least 4 members (excludes halogenated alkanes) is 2. The Morgan fingerprint density at radius 2 is 2.12 bits per heavy atom. The van der Waals surface area contributed by atoms with Gasteiger partial charge in [-0.1, -0.05) is 25.8 Å². The van der Waals surface area contributed by atoms with Crippen molar-refractivity contribution in [2.75, 3.05) is 0 Å². The van der Waals surface area contributed by atoms with Crippen LogP contribution in [0.25, 0.3) is 0 Å². The maximum Gasteiger partial charge on any atom is 0.0287 e. The van der Waals surface area contributed by atoms with Crippen molar-refractivity contribution in [1.29, 1.82) is 0 Å². The first-order valence-electron chi connectivity index (χ1n) is 3.03. The zero-order valence-electron chi connectivity index (χ0n) is 5.78. The normalized spacial score (nSPS) is 9.62. The number of hydrogen-bond acceptors (Lipinski definition) is 0. The van der Waals surface area contributed by atoms with Gasteiger partial charge in [0.15, 0.2) is 0 Å². The zero-order chi connectivity index (χ0) is 5.54. The third kappa shape index (κ3) is 9.32. The third-order valence-corrected chi connectivity index (χ3v) is 1.43. The van der Waals surface area contributed by atoms with Crippen molar-refractivity contribution in [3.8, 4) is 0 Å². The molecule has 0 aromatic carbocycles. The molecule has 0 atom stereocenters. The van der Waals surface area contributed by atoms with E-state index < -0.39 is 0 Å². The molecule has 0 aromatic heterocycles. The molecule has 1 nitrogen and oxygen atoms in total. The van der Waals surface area contributed by atoms with Crippen molar-refractivity contribution in [2.45, 2.75) is 26.2 Å². The van der Waals surface area contributed by atoms with Gasteiger partial charge >= 0.3 is 0 Å². The van der Waals surface area contributed by atoms with Crippen LogP contribution in [0, 0.1) is 0 Å². The van der Waals surface area contributed by atoms with E-state index in [9.17, 15) is 0 Å². The Labute approximate surface area is 54.5 Å². The molecule has 0 bridgehead atoms. The van der Waals surface area contributed by atoms with E-state index in [0.717, 1.165) is 0 Å². The van der Waals surface area contributed by atoms with Crippen LogP contribution in [-0.4, -0.2) is 15.7 Å². The molecule has 8 heavy (non-hydrogen) atoms. The van der Waals surface area contributed by atoms with Gasteiger partial charge in [-0.3, -0.25) is 0 Å². The monoisotopic (exact) mass is 132 g/mol. The van der Waals surface area contributed by atoms with E-state index in [2.05, 4.69) is 18.7 Å². The highest BCUT2D eigenvalue weighted by atomic mass is 28.1. The number of allylic oxidation sites excluding steroid dienone is 1. The van der Waals surface area contributed by atoms with Crippen LogP contribution < -0.4 is 0 Å². The van der Waals surface area contributed by atoms with Crippen molar-refractivity contribution in [3.63, 3.8) is 0 Å². The maximum absolute atomic E-state index is 2.27. The Balaban J connectivity index is 0. The van der Waals surface area contributed by atoms with E-state index >= 15 is 0 Å². The van der Waals surface area contributed by atoms with Gasteiger partial charge in [-0.2, -0.15) is 0 Å². The molecule has 0 unspecified atom stereocenters. The first-order chi connectivity index (χ1) is 3.41. The summed E-state index contributed by atoms with van der Waals surface area (Å²) in [4.78, 5) is 0. The van der Waals surface area contributed by atoms with Crippen LogP contribution >= 0.6 is 0 Å². The average molecular weight is 132 g/mol. The topological polar surface area (TPSA) is 31.5 Å². The summed E-state index contributed by atoms with van der Waals surface area (Å²) in [6.07, 6.45) is 6.25. The van der Waals surface area contributed by atoms with Crippen molar-refractivity contribution in [1.82, 2.24) is 0 Å². The van der Waals surface area contributed by atoms with Crippen LogP contribution in [0.2, 0.25) is 0 Å². The molecule has 0 amide bonds. The summed E-state index contributed by atoms with van der Waals surface area (Å²) >= 11 is 0. The first kappa shape index (κ1) is 10.8. The zero-order valence-corrected chi connectivity index (χ0v) is 7.78. The van der Waals surface area contributed by atoms with Crippen LogP contribution in [0.3, 0.4) is 0 Å². The van der Waals surface area contributed by atoms with E-state index in [-0.39, 0.29) is 5.48 Å². The van der Waals surface area contributed by atoms with Gasteiger partial charge < -0.3 is 5.48 Å². The lowest BCUT2D eigenvalue weighted by Crippen LogP contribution is -1.64. The molecule has 0 saturated carbocycles. The molecule has 0 aliphatic carbocycles. The van der Waals surface area contributed by atoms with Gasteiger partial charge in [0.05, 0.1) is 0 Å². The summed E-state index contributed by atoms with van der Waals surface area (Å²) in [5.41, 5.74) is 2.25. The van der Waals surface area contributed by atoms with Gasteiger partial charge in [-0.25, -0.2) is 0 Å². The lowest BCUT2D eigenvalue weighted by atomic mass is 10.2. The first-order valence-corrected chi connectivity index (χ1v) is 4.18. The summed E-state index contributed by atoms with van der Waals surface area (Å²) in [6, 6.07) is 0. The SMILES string of the molecule is CCCCC=C[SiH3].O. The summed E-state index contributed by atoms with van der Waals surface area (Å²) < 4.78 is 0. The van der Waals surface area contributed by atoms with Crippen LogP contribution in [0.1, 0.15) is 26.2 Å². The van der Waals surface area contributed by atoms with E-state index in [1.54, 1.807) is 0 Å². The summed E-state index contributed by atoms with van der Waals surface area (Å²) in [5, 5.41) is 0. The molecule has 50 valence electrons. The number of hydrogen-bond donors (Lipinski definition) is 0. The van der Waals surface area contributed by atoms with E-state index in [0.29, 0.717) is 0 Å². The largest absolute Gasteiger partial charge is 0.412 e. The molecule has 0 saturated heterocycles. The van der Waals surface area contributed by atoms with Crippen LogP contribution in [-0.2, 0) is 0 Å². The predicted octanol–water partition coefficient (Wildman–Crippen LogP) is 0.231. The molecule has 0 heterocycles. The lowest BCUT2D eigenvalue weighted by Gasteiger charge is -1.83. The highest BCUT2D eigenvalue weighted by Gasteiger charge is 1.73. The van der Waals surface area contributed by atoms with Gasteiger partial charge in [0.2, 0.25) is 0 Å². The predicted molar refractivity (Wildman–Crippen MR) is 42.2 cm³/mol. The van der Waals surface area contributed by atoms with Gasteiger partial charge in [0.25, 0.3) is 0 Å². The van der Waals surface area contributed by atoms with Crippen molar-refractivity contribution in [2.24, 2.45) is 0 Å². The van der Waals surface area contributed by atoms with E-state index in [1.807, 2.05) is 0 Å². The Kier molecular flexibility index (Phi) is 13.5. The smallest absolute Gasteiger partial charge is 0.0287 e. The second-order valence-corrected chi connectivity index (χ2v) is 2.38. The van der Waals surface area contributed by atoms with Crippen molar-refractivity contribution >= 4 is 10.2 Å². The maximum atomic E-state index is 2.27. The Morgan fingerprint density at radius 3 is 2.50 bits per heavy atom. The molecular weight excluding hydrogens is 116 g/mol. The molecule has 0 aliphatic rings. The molecule has 2 N–H and O–H groups in total. The van der Waals surface area contributed by atoms with Gasteiger partial charge in [-0.15, -0.1) is 5.70 Å². The Hall–Kier alpha value is -0.0831. The Bertz CT molecular complexity index is 52.5. The minimum atomic E-state index is 0. The quantitative estimate of drug-likeness (QED) is 0.389. The highest BCUT2D eigenvalue weighted by Crippen LogP contribution is 1.92. The minimum Gasteiger partial charge on any atom is -0.412 e. The van der Waals surface area contributed by atoms with Crippen molar-refractivity contribution < 1.29 is 5.48 Å². The summed E-state index contributed by atoms with van der Waals surface area (Å²) in [5.74, 6) is 0. The van der Waals surface area contributed by atoms with E-state index in [1.165, 1.54) is 29.5 Å². The second-order valence-electron chi connectivity index (χ2n) is 1.71. The highest BCUT2D eigenvalue weighted by molar-refractivity contribution is 6.16. The van der Waals surface area contributed by atoms with Gasteiger partial charge in [0, 0.05) is 10.2 Å². The molecule has 0 fully saturated rings. The standard InChI is InChI=1S/C6H14Si.H2O/c1-2-3-4-5-6-7;/h5-6H,2-4H2,1,7H3;1H2. The molecule has 0 radical (unpaired) electrons. The number of rotatable bonds is 3. The fourth-order valence-electron chi connectivity index (χ4n) is 0.489. The lowest BCUT2D eigenvalue weighted by molar-refractivity contribution is 0.815. The molecule has 0 rings (SSSR count). The van der Waals surface area contributed by atoms with Crippen LogP contribution in [0.15, 0.2) is 11.8 Å². The summed E-state index contributed by atoms with van der Waals surface area (Å²) in [7, 11) is 1.23. The van der Waals surface area contributed by atoms with Crippen LogP contribution in [0.5, 0.6) is 0 Å². The molecule has 0 aromatic rings.